The maximum Gasteiger partial charge on any atom is 0.407 e. The fraction of sp³-hybridized carbons (Fsp3) is 0.867. The molecule has 0 heterocycles. The van der Waals surface area contributed by atoms with Crippen molar-refractivity contribution >= 4 is 12.0 Å². The van der Waals surface area contributed by atoms with Crippen molar-refractivity contribution in [1.29, 1.82) is 0 Å². The number of amides is 2. The van der Waals surface area contributed by atoms with Crippen molar-refractivity contribution in [2.75, 3.05) is 6.54 Å². The van der Waals surface area contributed by atoms with Gasteiger partial charge in [-0.05, 0) is 52.4 Å². The van der Waals surface area contributed by atoms with E-state index in [4.69, 9.17) is 4.74 Å². The SMILES string of the molecule is CC[C@H](C)NC(=O)CC1(CNC(=O)OC(C)(C)C)CC1. The molecule has 5 nitrogen and oxygen atoms in total. The maximum absolute atomic E-state index is 11.9. The average Bonchev–Trinajstić information content (AvgIpc) is 3.04. The van der Waals surface area contributed by atoms with Crippen LogP contribution < -0.4 is 10.6 Å². The van der Waals surface area contributed by atoms with Gasteiger partial charge in [-0.2, -0.15) is 0 Å². The second-order valence-electron chi connectivity index (χ2n) is 6.91. The number of hydrogen-bond donors (Lipinski definition) is 2. The smallest absolute Gasteiger partial charge is 0.407 e. The highest BCUT2D eigenvalue weighted by Gasteiger charge is 2.44. The number of hydrogen-bond acceptors (Lipinski definition) is 3. The second-order valence-corrected chi connectivity index (χ2v) is 6.91. The van der Waals surface area contributed by atoms with Crippen LogP contribution in [0.1, 0.15) is 60.3 Å². The molecule has 20 heavy (non-hydrogen) atoms. The predicted octanol–water partition coefficient (Wildman–Crippen LogP) is 2.60. The lowest BCUT2D eigenvalue weighted by Gasteiger charge is -2.22. The third-order valence-electron chi connectivity index (χ3n) is 3.52. The molecule has 0 radical (unpaired) electrons. The van der Waals surface area contributed by atoms with Crippen LogP contribution in [-0.4, -0.2) is 30.2 Å². The molecule has 1 aliphatic rings. The molecule has 5 heteroatoms. The van der Waals surface area contributed by atoms with E-state index in [9.17, 15) is 9.59 Å². The molecular formula is C15H28N2O3. The van der Waals surface area contributed by atoms with Crippen molar-refractivity contribution in [2.45, 2.75) is 71.9 Å². The Labute approximate surface area is 121 Å². The van der Waals surface area contributed by atoms with Gasteiger partial charge in [-0.1, -0.05) is 6.92 Å². The van der Waals surface area contributed by atoms with E-state index in [2.05, 4.69) is 10.6 Å². The Morgan fingerprint density at radius 2 is 1.90 bits per heavy atom. The minimum atomic E-state index is -0.491. The van der Waals surface area contributed by atoms with Crippen molar-refractivity contribution in [3.8, 4) is 0 Å². The van der Waals surface area contributed by atoms with E-state index in [-0.39, 0.29) is 17.4 Å². The molecule has 0 spiro atoms. The summed E-state index contributed by atoms with van der Waals surface area (Å²) in [6.07, 6.45) is 2.96. The van der Waals surface area contributed by atoms with Crippen LogP contribution in [0.4, 0.5) is 4.79 Å². The lowest BCUT2D eigenvalue weighted by Crippen LogP contribution is -2.39. The first-order chi connectivity index (χ1) is 9.16. The predicted molar refractivity (Wildman–Crippen MR) is 78.4 cm³/mol. The zero-order chi connectivity index (χ0) is 15.4. The summed E-state index contributed by atoms with van der Waals surface area (Å²) in [6, 6.07) is 0.206. The summed E-state index contributed by atoms with van der Waals surface area (Å²) in [4.78, 5) is 23.5. The van der Waals surface area contributed by atoms with Crippen molar-refractivity contribution in [3.63, 3.8) is 0 Å². The minimum absolute atomic E-state index is 0.0611. The number of ether oxygens (including phenoxy) is 1. The standard InChI is InChI=1S/C15H28N2O3/c1-6-11(2)17-12(18)9-15(7-8-15)10-16-13(19)20-14(3,4)5/h11H,6-10H2,1-5H3,(H,16,19)(H,17,18)/t11-/m0/s1. The molecule has 2 N–H and O–H groups in total. The van der Waals surface area contributed by atoms with Crippen LogP contribution in [0.5, 0.6) is 0 Å². The molecule has 116 valence electrons. The molecule has 1 aliphatic carbocycles. The van der Waals surface area contributed by atoms with Gasteiger partial charge in [0.05, 0.1) is 0 Å². The van der Waals surface area contributed by atoms with E-state index in [1.807, 2.05) is 34.6 Å². The quantitative estimate of drug-likeness (QED) is 0.788. The third-order valence-corrected chi connectivity index (χ3v) is 3.52. The van der Waals surface area contributed by atoms with E-state index in [0.29, 0.717) is 13.0 Å². The highest BCUT2D eigenvalue weighted by Crippen LogP contribution is 2.48. The summed E-state index contributed by atoms with van der Waals surface area (Å²) in [6.45, 7) is 10.0. The highest BCUT2D eigenvalue weighted by molar-refractivity contribution is 5.77. The molecule has 0 aromatic heterocycles. The molecule has 1 atom stereocenters. The monoisotopic (exact) mass is 284 g/mol. The van der Waals surface area contributed by atoms with Crippen molar-refractivity contribution in [2.24, 2.45) is 5.41 Å². The summed E-state index contributed by atoms with van der Waals surface area (Å²) in [7, 11) is 0. The molecule has 0 bridgehead atoms. The maximum atomic E-state index is 11.9. The second kappa shape index (κ2) is 6.46. The van der Waals surface area contributed by atoms with Gasteiger partial charge in [-0.25, -0.2) is 4.79 Å². The number of carbonyl (C=O) groups is 2. The first-order valence-electron chi connectivity index (χ1n) is 7.42. The van der Waals surface area contributed by atoms with Crippen LogP contribution in [0.3, 0.4) is 0 Å². The first kappa shape index (κ1) is 16.8. The van der Waals surface area contributed by atoms with Crippen LogP contribution in [0, 0.1) is 5.41 Å². The lowest BCUT2D eigenvalue weighted by molar-refractivity contribution is -0.122. The number of nitrogens with one attached hydrogen (secondary N) is 2. The molecule has 1 saturated carbocycles. The minimum Gasteiger partial charge on any atom is -0.444 e. The Morgan fingerprint density at radius 1 is 1.30 bits per heavy atom. The number of rotatable bonds is 6. The van der Waals surface area contributed by atoms with Crippen LogP contribution in [0.2, 0.25) is 0 Å². The molecule has 0 unspecified atom stereocenters. The molecule has 2 amide bonds. The summed E-state index contributed by atoms with van der Waals surface area (Å²) in [5, 5.41) is 5.74. The van der Waals surface area contributed by atoms with Gasteiger partial charge in [0, 0.05) is 19.0 Å². The van der Waals surface area contributed by atoms with Gasteiger partial charge >= 0.3 is 6.09 Å². The van der Waals surface area contributed by atoms with Crippen LogP contribution in [0.15, 0.2) is 0 Å². The molecule has 1 rings (SSSR count). The Kier molecular flexibility index (Phi) is 5.42. The number of carbonyl (C=O) groups excluding carboxylic acids is 2. The number of alkyl carbamates (subject to hydrolysis) is 1. The van der Waals surface area contributed by atoms with Gasteiger partial charge in [-0.3, -0.25) is 4.79 Å². The summed E-state index contributed by atoms with van der Waals surface area (Å²) >= 11 is 0. The van der Waals surface area contributed by atoms with E-state index in [1.165, 1.54) is 0 Å². The molecular weight excluding hydrogens is 256 g/mol. The van der Waals surface area contributed by atoms with E-state index < -0.39 is 11.7 Å². The van der Waals surface area contributed by atoms with Crippen molar-refractivity contribution < 1.29 is 14.3 Å². The summed E-state index contributed by atoms with van der Waals surface area (Å²) in [5.74, 6) is 0.0721. The van der Waals surface area contributed by atoms with Gasteiger partial charge in [0.2, 0.25) is 5.91 Å². The fourth-order valence-electron chi connectivity index (χ4n) is 1.94. The normalized spacial score (nSPS) is 18.1. The third kappa shape index (κ3) is 6.26. The Hall–Kier alpha value is -1.26. The summed E-state index contributed by atoms with van der Waals surface area (Å²) < 4.78 is 5.20. The van der Waals surface area contributed by atoms with Gasteiger partial charge < -0.3 is 15.4 Å². The van der Waals surface area contributed by atoms with E-state index in [0.717, 1.165) is 19.3 Å². The first-order valence-corrected chi connectivity index (χ1v) is 7.42. The molecule has 0 aromatic carbocycles. The van der Waals surface area contributed by atoms with Crippen LogP contribution in [0.25, 0.3) is 0 Å². The Balaban J connectivity index is 2.32. The zero-order valence-electron chi connectivity index (χ0n) is 13.3. The van der Waals surface area contributed by atoms with Gasteiger partial charge in [-0.15, -0.1) is 0 Å². The van der Waals surface area contributed by atoms with Crippen molar-refractivity contribution in [1.82, 2.24) is 10.6 Å². The van der Waals surface area contributed by atoms with E-state index >= 15 is 0 Å². The molecule has 1 fully saturated rings. The molecule has 0 saturated heterocycles. The highest BCUT2D eigenvalue weighted by atomic mass is 16.6. The lowest BCUT2D eigenvalue weighted by atomic mass is 10.0. The van der Waals surface area contributed by atoms with Crippen molar-refractivity contribution in [3.05, 3.63) is 0 Å². The van der Waals surface area contributed by atoms with Gasteiger partial charge in [0.15, 0.2) is 0 Å². The largest absolute Gasteiger partial charge is 0.444 e. The zero-order valence-corrected chi connectivity index (χ0v) is 13.3. The van der Waals surface area contributed by atoms with Crippen LogP contribution in [-0.2, 0) is 9.53 Å². The topological polar surface area (TPSA) is 67.4 Å². The molecule has 0 aromatic rings. The van der Waals surface area contributed by atoms with Gasteiger partial charge in [0.1, 0.15) is 5.60 Å². The Bertz CT molecular complexity index is 357. The summed E-state index contributed by atoms with van der Waals surface area (Å²) in [5.41, 5.74) is -0.552. The molecule has 0 aliphatic heterocycles. The Morgan fingerprint density at radius 3 is 2.35 bits per heavy atom. The fourth-order valence-corrected chi connectivity index (χ4v) is 1.94. The van der Waals surface area contributed by atoms with Gasteiger partial charge in [0.25, 0.3) is 0 Å². The average molecular weight is 284 g/mol. The van der Waals surface area contributed by atoms with E-state index in [1.54, 1.807) is 0 Å². The van der Waals surface area contributed by atoms with Crippen LogP contribution >= 0.6 is 0 Å².